The van der Waals surface area contributed by atoms with Gasteiger partial charge < -0.3 is 19.7 Å². The van der Waals surface area contributed by atoms with Gasteiger partial charge in [-0.25, -0.2) is 0 Å². The summed E-state index contributed by atoms with van der Waals surface area (Å²) in [6, 6.07) is 7.85. The van der Waals surface area contributed by atoms with Gasteiger partial charge in [0.05, 0.1) is 17.7 Å². The first kappa shape index (κ1) is 29.9. The monoisotopic (exact) mass is 595 g/mol. The molecule has 0 radical (unpaired) electrons. The first-order valence-electron chi connectivity index (χ1n) is 13.6. The van der Waals surface area contributed by atoms with Gasteiger partial charge in [0.2, 0.25) is 5.91 Å². The van der Waals surface area contributed by atoms with Crippen LogP contribution in [0.4, 0.5) is 26.3 Å². The van der Waals surface area contributed by atoms with E-state index in [2.05, 4.69) is 9.88 Å². The molecule has 0 aliphatic carbocycles. The summed E-state index contributed by atoms with van der Waals surface area (Å²) in [6.45, 7) is 3.35. The largest absolute Gasteiger partial charge is 0.416 e. The molecule has 1 unspecified atom stereocenters. The lowest BCUT2D eigenvalue weighted by Crippen LogP contribution is -2.58. The number of nitrogens with zero attached hydrogens (tertiary/aromatic N) is 4. The quantitative estimate of drug-likeness (QED) is 0.446. The first-order chi connectivity index (χ1) is 19.8. The maximum atomic E-state index is 13.7. The SMILES string of the molecule is CN1CCN(C(=O)CN2CCN(C(=O)c3cc(C(F)(F)F)cc(C(F)(F)F)c3)C(Cc3c[nH]c4ccccc34)C2)CC1. The van der Waals surface area contributed by atoms with E-state index < -0.39 is 41.0 Å². The molecule has 1 aromatic heterocycles. The lowest BCUT2D eigenvalue weighted by Gasteiger charge is -2.42. The molecule has 2 aliphatic heterocycles. The topological polar surface area (TPSA) is 62.9 Å². The Morgan fingerprint density at radius 3 is 2.17 bits per heavy atom. The fourth-order valence-corrected chi connectivity index (χ4v) is 5.65. The summed E-state index contributed by atoms with van der Waals surface area (Å²) in [5.74, 6) is -0.970. The van der Waals surface area contributed by atoms with Crippen molar-refractivity contribution in [2.45, 2.75) is 24.8 Å². The maximum Gasteiger partial charge on any atom is 0.416 e. The molecule has 2 amide bonds. The number of aromatic nitrogens is 1. The number of H-pyrrole nitrogens is 1. The van der Waals surface area contributed by atoms with E-state index in [1.165, 1.54) is 4.90 Å². The van der Waals surface area contributed by atoms with Crippen molar-refractivity contribution in [3.63, 3.8) is 0 Å². The van der Waals surface area contributed by atoms with Crippen LogP contribution >= 0.6 is 0 Å². The highest BCUT2D eigenvalue weighted by Gasteiger charge is 2.39. The second-order valence-corrected chi connectivity index (χ2v) is 10.9. The number of halogens is 6. The molecule has 2 aromatic carbocycles. The second-order valence-electron chi connectivity index (χ2n) is 10.9. The molecule has 0 saturated carbocycles. The maximum absolute atomic E-state index is 13.7. The van der Waals surface area contributed by atoms with Crippen LogP contribution in [0.5, 0.6) is 0 Å². The number of amides is 2. The number of alkyl halides is 6. The van der Waals surface area contributed by atoms with Crippen molar-refractivity contribution in [2.24, 2.45) is 0 Å². The molecular formula is C29H31F6N5O2. The second kappa shape index (κ2) is 11.6. The van der Waals surface area contributed by atoms with Gasteiger partial charge in [0, 0.05) is 74.5 Å². The summed E-state index contributed by atoms with van der Waals surface area (Å²) in [4.78, 5) is 37.0. The van der Waals surface area contributed by atoms with E-state index in [-0.39, 0.29) is 38.2 Å². The molecule has 3 aromatic rings. The summed E-state index contributed by atoms with van der Waals surface area (Å²) >= 11 is 0. The van der Waals surface area contributed by atoms with Crippen LogP contribution in [0.2, 0.25) is 0 Å². The standard InChI is InChI=1S/C29H31F6N5O2/c1-37-6-9-39(10-7-37)26(41)18-38-8-11-40(23(17-38)14-20-16-36-25-5-3-2-4-24(20)25)27(42)19-12-21(28(30,31)32)15-22(13-19)29(33,34)35/h2-5,12-13,15-16,23,36H,6-11,14,17-18H2,1H3. The van der Waals surface area contributed by atoms with Gasteiger partial charge in [-0.1, -0.05) is 18.2 Å². The molecule has 13 heteroatoms. The van der Waals surface area contributed by atoms with Crippen LogP contribution in [0, 0.1) is 0 Å². The summed E-state index contributed by atoms with van der Waals surface area (Å²) in [5, 5.41) is 0.897. The Morgan fingerprint density at radius 2 is 1.52 bits per heavy atom. The van der Waals surface area contributed by atoms with Gasteiger partial charge in [-0.2, -0.15) is 26.3 Å². The Morgan fingerprint density at radius 1 is 0.881 bits per heavy atom. The average molecular weight is 596 g/mol. The Labute approximate surface area is 238 Å². The van der Waals surface area contributed by atoms with Crippen LogP contribution in [0.25, 0.3) is 10.9 Å². The van der Waals surface area contributed by atoms with E-state index in [0.29, 0.717) is 31.6 Å². The zero-order chi connectivity index (χ0) is 30.2. The van der Waals surface area contributed by atoms with Crippen LogP contribution in [0.1, 0.15) is 27.0 Å². The molecule has 1 atom stereocenters. The number of hydrogen-bond acceptors (Lipinski definition) is 4. The molecule has 5 rings (SSSR count). The summed E-state index contributed by atoms with van der Waals surface area (Å²) in [6.07, 6.45) is -8.06. The molecule has 3 heterocycles. The van der Waals surface area contributed by atoms with Gasteiger partial charge in [0.15, 0.2) is 0 Å². The number of rotatable bonds is 5. The van der Waals surface area contributed by atoms with Crippen molar-refractivity contribution >= 4 is 22.7 Å². The van der Waals surface area contributed by atoms with Gasteiger partial charge in [-0.15, -0.1) is 0 Å². The number of carbonyl (C=O) groups is 2. The van der Waals surface area contributed by atoms with Crippen LogP contribution in [-0.4, -0.2) is 102 Å². The van der Waals surface area contributed by atoms with Crippen LogP contribution in [-0.2, 0) is 23.6 Å². The third-order valence-corrected chi connectivity index (χ3v) is 8.01. The number of carbonyl (C=O) groups excluding carboxylic acids is 2. The number of aromatic amines is 1. The van der Waals surface area contributed by atoms with E-state index >= 15 is 0 Å². The third-order valence-electron chi connectivity index (χ3n) is 8.01. The van der Waals surface area contributed by atoms with Crippen LogP contribution in [0.3, 0.4) is 0 Å². The number of likely N-dealkylation sites (N-methyl/N-ethyl adjacent to an activating group) is 1. The molecule has 2 aliphatic rings. The lowest BCUT2D eigenvalue weighted by molar-refractivity contribution is -0.143. The number of benzene rings is 2. The van der Waals surface area contributed by atoms with Gasteiger partial charge in [-0.05, 0) is 43.3 Å². The fourth-order valence-electron chi connectivity index (χ4n) is 5.65. The Kier molecular flexibility index (Phi) is 8.26. The highest BCUT2D eigenvalue weighted by atomic mass is 19.4. The van der Waals surface area contributed by atoms with Gasteiger partial charge in [0.25, 0.3) is 5.91 Å². The molecule has 0 spiro atoms. The van der Waals surface area contributed by atoms with Crippen molar-refractivity contribution in [3.05, 3.63) is 70.9 Å². The molecule has 2 saturated heterocycles. The van der Waals surface area contributed by atoms with Crippen molar-refractivity contribution in [1.82, 2.24) is 24.6 Å². The van der Waals surface area contributed by atoms with E-state index in [9.17, 15) is 35.9 Å². The molecule has 0 bridgehead atoms. The molecular weight excluding hydrogens is 564 g/mol. The predicted octanol–water partition coefficient (Wildman–Crippen LogP) is 4.35. The zero-order valence-electron chi connectivity index (χ0n) is 22.9. The van der Waals surface area contributed by atoms with Gasteiger partial charge in [0.1, 0.15) is 0 Å². The number of hydrogen-bond donors (Lipinski definition) is 1. The fraction of sp³-hybridized carbons (Fsp3) is 0.448. The van der Waals surface area contributed by atoms with E-state index in [4.69, 9.17) is 0 Å². The average Bonchev–Trinajstić information content (AvgIpc) is 3.34. The number of fused-ring (bicyclic) bond motifs is 1. The molecule has 226 valence electrons. The Bertz CT molecular complexity index is 1410. The van der Waals surface area contributed by atoms with E-state index in [1.54, 1.807) is 11.1 Å². The minimum absolute atomic E-state index is 0.0160. The summed E-state index contributed by atoms with van der Waals surface area (Å²) < 4.78 is 81.2. The number of para-hydroxylation sites is 1. The molecule has 2 fully saturated rings. The minimum Gasteiger partial charge on any atom is -0.361 e. The predicted molar refractivity (Wildman–Crippen MR) is 144 cm³/mol. The number of piperazine rings is 2. The lowest BCUT2D eigenvalue weighted by atomic mass is 9.98. The van der Waals surface area contributed by atoms with Gasteiger partial charge in [-0.3, -0.25) is 14.5 Å². The first-order valence-corrected chi connectivity index (χ1v) is 13.6. The molecule has 42 heavy (non-hydrogen) atoms. The van der Waals surface area contributed by atoms with Crippen LogP contribution in [0.15, 0.2) is 48.7 Å². The summed E-state index contributed by atoms with van der Waals surface area (Å²) in [7, 11) is 1.98. The Hall–Kier alpha value is -3.58. The zero-order valence-corrected chi connectivity index (χ0v) is 22.9. The van der Waals surface area contributed by atoms with Crippen molar-refractivity contribution < 1.29 is 35.9 Å². The minimum atomic E-state index is -5.07. The van der Waals surface area contributed by atoms with Gasteiger partial charge >= 0.3 is 12.4 Å². The van der Waals surface area contributed by atoms with Crippen molar-refractivity contribution in [3.8, 4) is 0 Å². The molecule has 1 N–H and O–H groups in total. The highest BCUT2D eigenvalue weighted by molar-refractivity contribution is 5.95. The molecule has 7 nitrogen and oxygen atoms in total. The smallest absolute Gasteiger partial charge is 0.361 e. The normalized spacial score (nSPS) is 19.5. The summed E-state index contributed by atoms with van der Waals surface area (Å²) in [5.41, 5.74) is -2.05. The van der Waals surface area contributed by atoms with Crippen molar-refractivity contribution in [1.29, 1.82) is 0 Å². The van der Waals surface area contributed by atoms with E-state index in [1.807, 2.05) is 36.2 Å². The number of nitrogens with one attached hydrogen (secondary N) is 1. The third kappa shape index (κ3) is 6.57. The van der Waals surface area contributed by atoms with Crippen molar-refractivity contribution in [2.75, 3.05) is 59.4 Å². The van der Waals surface area contributed by atoms with E-state index in [0.717, 1.165) is 29.6 Å². The van der Waals surface area contributed by atoms with Crippen LogP contribution < -0.4 is 0 Å². The Balaban J connectivity index is 1.43. The highest BCUT2D eigenvalue weighted by Crippen LogP contribution is 2.37.